The van der Waals surface area contributed by atoms with Crippen molar-refractivity contribution in [1.29, 1.82) is 0 Å². The monoisotopic (exact) mass is 546 g/mol. The topological polar surface area (TPSA) is 118 Å². The Morgan fingerprint density at radius 2 is 1.87 bits per heavy atom. The first-order valence-corrected chi connectivity index (χ1v) is 14.3. The van der Waals surface area contributed by atoms with E-state index in [0.29, 0.717) is 22.3 Å². The van der Waals surface area contributed by atoms with Gasteiger partial charge in [-0.2, -0.15) is 8.78 Å². The Balaban J connectivity index is 1.38. The number of sulfone groups is 1. The van der Waals surface area contributed by atoms with Gasteiger partial charge in [-0.15, -0.1) is 0 Å². The SMILES string of the molecule is CS(=O)(=O)CCCc1cccc(C(F)(F)C(=O)NCc2ccc3c(c2)CN(C2CCC(=O)CC2=O)C3=O)c1. The number of hydrogen-bond acceptors (Lipinski definition) is 6. The van der Waals surface area contributed by atoms with Gasteiger partial charge in [-0.1, -0.05) is 30.3 Å². The van der Waals surface area contributed by atoms with E-state index in [0.717, 1.165) is 12.3 Å². The molecule has 1 heterocycles. The van der Waals surface area contributed by atoms with Crippen molar-refractivity contribution in [2.24, 2.45) is 0 Å². The summed E-state index contributed by atoms with van der Waals surface area (Å²) >= 11 is 0. The molecule has 1 unspecified atom stereocenters. The molecule has 0 saturated heterocycles. The van der Waals surface area contributed by atoms with Crippen LogP contribution in [0.2, 0.25) is 0 Å². The van der Waals surface area contributed by atoms with E-state index in [-0.39, 0.29) is 68.4 Å². The van der Waals surface area contributed by atoms with Gasteiger partial charge in [-0.25, -0.2) is 8.42 Å². The van der Waals surface area contributed by atoms with Crippen molar-refractivity contribution < 1.29 is 36.4 Å². The van der Waals surface area contributed by atoms with Gasteiger partial charge in [0.15, 0.2) is 5.78 Å². The number of benzene rings is 2. The van der Waals surface area contributed by atoms with Crippen molar-refractivity contribution in [3.63, 3.8) is 0 Å². The zero-order chi connectivity index (χ0) is 27.7. The molecule has 0 aromatic heterocycles. The third-order valence-electron chi connectivity index (χ3n) is 6.83. The molecule has 11 heteroatoms. The van der Waals surface area contributed by atoms with Crippen LogP contribution < -0.4 is 5.32 Å². The van der Waals surface area contributed by atoms with Crippen LogP contribution in [0, 0.1) is 0 Å². The lowest BCUT2D eigenvalue weighted by molar-refractivity contribution is -0.147. The number of rotatable bonds is 9. The summed E-state index contributed by atoms with van der Waals surface area (Å²) in [6.07, 6.45) is 2.02. The Hall–Kier alpha value is -3.47. The Bertz CT molecular complexity index is 1410. The molecule has 1 aliphatic carbocycles. The fraction of sp³-hybridized carbons (Fsp3) is 0.407. The lowest BCUT2D eigenvalue weighted by Gasteiger charge is -2.29. The van der Waals surface area contributed by atoms with E-state index in [1.807, 2.05) is 0 Å². The molecular formula is C27H28F2N2O6S. The van der Waals surface area contributed by atoms with Crippen molar-refractivity contribution >= 4 is 33.2 Å². The second-order valence-corrected chi connectivity index (χ2v) is 12.1. The molecule has 1 saturated carbocycles. The highest BCUT2D eigenvalue weighted by molar-refractivity contribution is 7.90. The quantitative estimate of drug-likeness (QED) is 0.484. The van der Waals surface area contributed by atoms with Gasteiger partial charge < -0.3 is 10.2 Å². The molecule has 1 aliphatic heterocycles. The Labute approximate surface area is 219 Å². The van der Waals surface area contributed by atoms with E-state index in [1.165, 1.54) is 17.0 Å². The van der Waals surface area contributed by atoms with Crippen LogP contribution in [0.25, 0.3) is 0 Å². The Morgan fingerprint density at radius 3 is 2.58 bits per heavy atom. The molecule has 202 valence electrons. The molecule has 0 radical (unpaired) electrons. The Morgan fingerprint density at radius 1 is 1.11 bits per heavy atom. The number of nitrogens with one attached hydrogen (secondary N) is 1. The smallest absolute Gasteiger partial charge is 0.346 e. The van der Waals surface area contributed by atoms with Crippen LogP contribution in [-0.4, -0.2) is 54.7 Å². The molecule has 4 rings (SSSR count). The minimum atomic E-state index is -3.81. The van der Waals surface area contributed by atoms with E-state index >= 15 is 0 Å². The first-order valence-electron chi connectivity index (χ1n) is 12.3. The Kier molecular flexibility index (Phi) is 7.78. The summed E-state index contributed by atoms with van der Waals surface area (Å²) < 4.78 is 52.4. The molecule has 8 nitrogen and oxygen atoms in total. The average molecular weight is 547 g/mol. The molecule has 0 bridgehead atoms. The number of carbonyl (C=O) groups is 4. The molecular weight excluding hydrogens is 518 g/mol. The molecule has 1 atom stereocenters. The number of hydrogen-bond donors (Lipinski definition) is 1. The number of ketones is 2. The van der Waals surface area contributed by atoms with Gasteiger partial charge in [0.25, 0.3) is 11.8 Å². The van der Waals surface area contributed by atoms with Gasteiger partial charge in [0.05, 0.1) is 18.2 Å². The lowest BCUT2D eigenvalue weighted by Crippen LogP contribution is -2.44. The van der Waals surface area contributed by atoms with Crippen LogP contribution in [0.5, 0.6) is 0 Å². The van der Waals surface area contributed by atoms with Crippen LogP contribution in [0.1, 0.15) is 58.3 Å². The van der Waals surface area contributed by atoms with Gasteiger partial charge >= 0.3 is 5.92 Å². The summed E-state index contributed by atoms with van der Waals surface area (Å²) in [6, 6.07) is 9.47. The maximum atomic E-state index is 14.9. The maximum Gasteiger partial charge on any atom is 0.349 e. The number of aryl methyl sites for hydroxylation is 1. The number of amides is 2. The third-order valence-corrected chi connectivity index (χ3v) is 7.86. The van der Waals surface area contributed by atoms with Gasteiger partial charge in [-0.05, 0) is 48.1 Å². The molecule has 2 aliphatic rings. The second-order valence-electron chi connectivity index (χ2n) is 9.85. The number of nitrogens with zero attached hydrogens (tertiary/aromatic N) is 1. The van der Waals surface area contributed by atoms with Crippen molar-refractivity contribution in [2.45, 2.75) is 57.2 Å². The summed E-state index contributed by atoms with van der Waals surface area (Å²) in [4.78, 5) is 50.5. The molecule has 2 aromatic carbocycles. The van der Waals surface area contributed by atoms with Gasteiger partial charge in [0, 0.05) is 36.9 Å². The first-order chi connectivity index (χ1) is 17.8. The van der Waals surface area contributed by atoms with Gasteiger partial charge in [0.2, 0.25) is 0 Å². The van der Waals surface area contributed by atoms with Crippen LogP contribution in [-0.2, 0) is 49.7 Å². The van der Waals surface area contributed by atoms with Crippen molar-refractivity contribution in [1.82, 2.24) is 10.2 Å². The zero-order valence-electron chi connectivity index (χ0n) is 20.8. The first kappa shape index (κ1) is 27.6. The van der Waals surface area contributed by atoms with E-state index in [4.69, 9.17) is 0 Å². The highest BCUT2D eigenvalue weighted by atomic mass is 32.2. The standard InChI is InChI=1S/C27H28F2N2O6S/c1-38(36,37)11-3-5-17-4-2-6-20(13-17)27(28,29)26(35)30-15-18-7-9-22-19(12-18)16-31(25(22)34)23-10-8-21(32)14-24(23)33/h2,4,6-7,9,12-13,23H,3,5,8,10-11,14-16H2,1H3,(H,30,35). The summed E-state index contributed by atoms with van der Waals surface area (Å²) in [5.41, 5.74) is 1.56. The molecule has 38 heavy (non-hydrogen) atoms. The highest BCUT2D eigenvalue weighted by Gasteiger charge is 2.41. The maximum absolute atomic E-state index is 14.9. The van der Waals surface area contributed by atoms with E-state index in [1.54, 1.807) is 24.3 Å². The fourth-order valence-electron chi connectivity index (χ4n) is 4.83. The van der Waals surface area contributed by atoms with Crippen molar-refractivity contribution in [3.8, 4) is 0 Å². The largest absolute Gasteiger partial charge is 0.349 e. The summed E-state index contributed by atoms with van der Waals surface area (Å²) in [7, 11) is -3.16. The number of fused-ring (bicyclic) bond motifs is 1. The van der Waals surface area contributed by atoms with E-state index in [9.17, 15) is 36.4 Å². The van der Waals surface area contributed by atoms with Crippen LogP contribution in [0.3, 0.4) is 0 Å². The average Bonchev–Trinajstić information content (AvgIpc) is 3.17. The molecule has 1 fully saturated rings. The van der Waals surface area contributed by atoms with Crippen molar-refractivity contribution in [2.75, 3.05) is 12.0 Å². The minimum Gasteiger partial charge on any atom is -0.346 e. The lowest BCUT2D eigenvalue weighted by atomic mass is 9.92. The van der Waals surface area contributed by atoms with Gasteiger partial charge in [-0.3, -0.25) is 19.2 Å². The second kappa shape index (κ2) is 10.7. The number of carbonyl (C=O) groups excluding carboxylic acids is 4. The molecule has 2 aromatic rings. The summed E-state index contributed by atoms with van der Waals surface area (Å²) in [5.74, 6) is -6.09. The summed E-state index contributed by atoms with van der Waals surface area (Å²) in [6.45, 7) is -0.0242. The third kappa shape index (κ3) is 6.15. The number of Topliss-reactive ketones (excluding diaryl/α,β-unsaturated/α-hetero) is 2. The van der Waals surface area contributed by atoms with Gasteiger partial charge in [0.1, 0.15) is 15.6 Å². The molecule has 0 spiro atoms. The number of halogens is 2. The fourth-order valence-corrected chi connectivity index (χ4v) is 5.50. The predicted octanol–water partition coefficient (Wildman–Crippen LogP) is 2.72. The molecule has 1 N–H and O–H groups in total. The predicted molar refractivity (Wildman–Crippen MR) is 134 cm³/mol. The van der Waals surface area contributed by atoms with Crippen LogP contribution in [0.4, 0.5) is 8.78 Å². The van der Waals surface area contributed by atoms with Crippen LogP contribution >= 0.6 is 0 Å². The minimum absolute atomic E-state index is 0.0606. The van der Waals surface area contributed by atoms with Crippen molar-refractivity contribution in [3.05, 3.63) is 70.3 Å². The van der Waals surface area contributed by atoms with E-state index in [2.05, 4.69) is 5.32 Å². The normalized spacial score (nSPS) is 18.0. The zero-order valence-corrected chi connectivity index (χ0v) is 21.7. The highest BCUT2D eigenvalue weighted by Crippen LogP contribution is 2.31. The molecule has 2 amide bonds. The van der Waals surface area contributed by atoms with E-state index < -0.39 is 33.3 Å². The number of alkyl halides is 2. The summed E-state index contributed by atoms with van der Waals surface area (Å²) in [5, 5.41) is 2.25. The van der Waals surface area contributed by atoms with Crippen LogP contribution in [0.15, 0.2) is 42.5 Å².